The van der Waals surface area contributed by atoms with Gasteiger partial charge in [-0.3, -0.25) is 0 Å². The molecule has 5 saturated carbocycles. The van der Waals surface area contributed by atoms with Crippen LogP contribution in [0.3, 0.4) is 0 Å². The van der Waals surface area contributed by atoms with Crippen molar-refractivity contribution in [2.75, 3.05) is 0 Å². The highest BCUT2D eigenvalue weighted by Gasteiger charge is 2.71. The van der Waals surface area contributed by atoms with Gasteiger partial charge in [0.25, 0.3) is 0 Å². The second kappa shape index (κ2) is 6.87. The Morgan fingerprint density at radius 1 is 0.844 bits per heavy atom. The normalized spacial score (nSPS) is 59.4. The lowest BCUT2D eigenvalue weighted by Gasteiger charge is -2.74. The minimum Gasteiger partial charge on any atom is -0.393 e. The molecule has 5 rings (SSSR count). The topological polar surface area (TPSA) is 40.5 Å². The molecule has 0 aromatic heterocycles. The quantitative estimate of drug-likeness (QED) is 0.397. The van der Waals surface area contributed by atoms with Crippen molar-refractivity contribution >= 4 is 0 Å². The molecule has 2 N–H and O–H groups in total. The summed E-state index contributed by atoms with van der Waals surface area (Å²) in [6.45, 7) is 21.8. The largest absolute Gasteiger partial charge is 0.393 e. The van der Waals surface area contributed by atoms with Gasteiger partial charge in [0.2, 0.25) is 0 Å². The maximum absolute atomic E-state index is 12.0. The van der Waals surface area contributed by atoms with Crippen molar-refractivity contribution in [1.29, 1.82) is 0 Å². The van der Waals surface area contributed by atoms with Gasteiger partial charge >= 0.3 is 0 Å². The number of rotatable bonds is 0. The first kappa shape index (κ1) is 23.4. The predicted octanol–water partition coefficient (Wildman–Crippen LogP) is 7.00. The minimum atomic E-state index is -0.221. The van der Waals surface area contributed by atoms with Gasteiger partial charge in [-0.2, -0.15) is 0 Å². The van der Waals surface area contributed by atoms with Crippen molar-refractivity contribution in [1.82, 2.24) is 0 Å². The molecule has 5 fully saturated rings. The van der Waals surface area contributed by atoms with Crippen molar-refractivity contribution in [3.8, 4) is 0 Å². The van der Waals surface area contributed by atoms with Gasteiger partial charge in [-0.1, -0.05) is 60.6 Å². The molecule has 0 aliphatic heterocycles. The van der Waals surface area contributed by atoms with Gasteiger partial charge in [-0.05, 0) is 114 Å². The number of aliphatic hydroxyl groups excluding tert-OH is 2. The molecule has 0 aromatic carbocycles. The van der Waals surface area contributed by atoms with E-state index in [-0.39, 0.29) is 33.9 Å². The van der Waals surface area contributed by atoms with Crippen LogP contribution in [0.2, 0.25) is 0 Å². The van der Waals surface area contributed by atoms with Crippen molar-refractivity contribution < 1.29 is 10.2 Å². The third-order valence-corrected chi connectivity index (χ3v) is 13.5. The maximum atomic E-state index is 12.0. The van der Waals surface area contributed by atoms with Gasteiger partial charge in [-0.25, -0.2) is 0 Å². The summed E-state index contributed by atoms with van der Waals surface area (Å²) >= 11 is 0. The fraction of sp³-hybridized carbons (Fsp3) is 0.933. The van der Waals surface area contributed by atoms with Crippen molar-refractivity contribution in [2.45, 2.75) is 118 Å². The van der Waals surface area contributed by atoms with Gasteiger partial charge in [0.15, 0.2) is 0 Å². The average Bonchev–Trinajstić information content (AvgIpc) is 2.70. The number of allylic oxidation sites excluding steroid dienone is 1. The van der Waals surface area contributed by atoms with Gasteiger partial charge in [-0.15, -0.1) is 0 Å². The summed E-state index contributed by atoms with van der Waals surface area (Å²) in [4.78, 5) is 0. The van der Waals surface area contributed by atoms with Crippen molar-refractivity contribution in [3.05, 3.63) is 12.2 Å². The summed E-state index contributed by atoms with van der Waals surface area (Å²) in [5.41, 5.74) is 2.36. The van der Waals surface area contributed by atoms with E-state index >= 15 is 0 Å². The fourth-order valence-corrected chi connectivity index (χ4v) is 11.4. The second-order valence-corrected chi connectivity index (χ2v) is 14.8. The van der Waals surface area contributed by atoms with E-state index in [2.05, 4.69) is 55.0 Å². The van der Waals surface area contributed by atoms with Crippen LogP contribution >= 0.6 is 0 Å². The lowest BCUT2D eigenvalue weighted by atomic mass is 9.31. The van der Waals surface area contributed by atoms with Crippen molar-refractivity contribution in [3.63, 3.8) is 0 Å². The molecule has 0 aromatic rings. The Morgan fingerprint density at radius 3 is 2.22 bits per heavy atom. The lowest BCUT2D eigenvalue weighted by Crippen LogP contribution is -2.70. The SMILES string of the molecule is C=C1CCC2(C)CCC3(C)C(CC(O)C4C5(C)CCC(O)C(C)(C)C5CCC43C)C2C1C. The van der Waals surface area contributed by atoms with Crippen LogP contribution in [0.5, 0.6) is 0 Å². The molecule has 32 heavy (non-hydrogen) atoms. The molecule has 0 amide bonds. The molecule has 0 spiro atoms. The van der Waals surface area contributed by atoms with Crippen LogP contribution < -0.4 is 0 Å². The molecule has 5 aliphatic carbocycles. The number of aliphatic hydroxyl groups is 2. The molecule has 5 aliphatic rings. The molecule has 0 heterocycles. The Kier molecular flexibility index (Phi) is 5.02. The van der Waals surface area contributed by atoms with E-state index in [0.717, 1.165) is 19.3 Å². The highest BCUT2D eigenvalue weighted by molar-refractivity contribution is 5.22. The van der Waals surface area contributed by atoms with E-state index in [1.807, 2.05) is 0 Å². The van der Waals surface area contributed by atoms with Crippen LogP contribution in [0.1, 0.15) is 106 Å². The third kappa shape index (κ3) is 2.66. The van der Waals surface area contributed by atoms with Gasteiger partial charge in [0.05, 0.1) is 12.2 Å². The monoisotopic (exact) mass is 442 g/mol. The number of hydrogen-bond acceptors (Lipinski definition) is 2. The van der Waals surface area contributed by atoms with Gasteiger partial charge in [0, 0.05) is 0 Å². The van der Waals surface area contributed by atoms with Gasteiger partial charge in [0.1, 0.15) is 0 Å². The summed E-state index contributed by atoms with van der Waals surface area (Å²) < 4.78 is 0. The van der Waals surface area contributed by atoms with E-state index < -0.39 is 0 Å². The van der Waals surface area contributed by atoms with Crippen LogP contribution in [0.4, 0.5) is 0 Å². The number of hydrogen-bond donors (Lipinski definition) is 2. The average molecular weight is 443 g/mol. The molecule has 2 nitrogen and oxygen atoms in total. The molecule has 2 heteroatoms. The van der Waals surface area contributed by atoms with E-state index in [4.69, 9.17) is 0 Å². The Labute approximate surface area is 197 Å². The Hall–Kier alpha value is -0.340. The predicted molar refractivity (Wildman–Crippen MR) is 132 cm³/mol. The standard InChI is InChI=1S/C30H50O2/c1-18-9-12-27(5)15-16-29(7)20(24(27)19(18)2)17-21(31)25-28(6)13-11-23(32)26(3,4)22(28)10-14-30(25,29)8/h19-25,31-32H,1,9-17H2,2-8H3. The Morgan fingerprint density at radius 2 is 1.53 bits per heavy atom. The molecular formula is C30H50O2. The summed E-state index contributed by atoms with van der Waals surface area (Å²) in [6, 6.07) is 0. The van der Waals surface area contributed by atoms with E-state index in [9.17, 15) is 10.2 Å². The zero-order valence-electron chi connectivity index (χ0n) is 22.0. The number of fused-ring (bicyclic) bond motifs is 7. The van der Waals surface area contributed by atoms with E-state index in [0.29, 0.717) is 35.0 Å². The zero-order chi connectivity index (χ0) is 23.5. The molecular weight excluding hydrogens is 392 g/mol. The van der Waals surface area contributed by atoms with Crippen LogP contribution in [0, 0.1) is 56.7 Å². The van der Waals surface area contributed by atoms with E-state index in [1.165, 1.54) is 44.1 Å². The van der Waals surface area contributed by atoms with Crippen LogP contribution in [-0.4, -0.2) is 22.4 Å². The van der Waals surface area contributed by atoms with Crippen molar-refractivity contribution in [2.24, 2.45) is 56.7 Å². The Balaban J connectivity index is 1.59. The molecule has 0 saturated heterocycles. The highest BCUT2D eigenvalue weighted by Crippen LogP contribution is 2.76. The highest BCUT2D eigenvalue weighted by atomic mass is 16.3. The summed E-state index contributed by atoms with van der Waals surface area (Å²) in [7, 11) is 0. The summed E-state index contributed by atoms with van der Waals surface area (Å²) in [5, 5.41) is 22.9. The molecule has 0 bridgehead atoms. The van der Waals surface area contributed by atoms with Crippen LogP contribution in [0.15, 0.2) is 12.2 Å². The van der Waals surface area contributed by atoms with E-state index in [1.54, 1.807) is 0 Å². The van der Waals surface area contributed by atoms with Gasteiger partial charge < -0.3 is 10.2 Å². The first-order valence-corrected chi connectivity index (χ1v) is 13.8. The fourth-order valence-electron chi connectivity index (χ4n) is 11.4. The zero-order valence-corrected chi connectivity index (χ0v) is 22.0. The molecule has 182 valence electrons. The summed E-state index contributed by atoms with van der Waals surface area (Å²) in [5.74, 6) is 2.65. The first-order chi connectivity index (χ1) is 14.7. The first-order valence-electron chi connectivity index (χ1n) is 13.8. The molecule has 11 unspecified atom stereocenters. The second-order valence-electron chi connectivity index (χ2n) is 14.8. The van der Waals surface area contributed by atoms with Crippen LogP contribution in [-0.2, 0) is 0 Å². The smallest absolute Gasteiger partial charge is 0.0594 e. The van der Waals surface area contributed by atoms with Crippen LogP contribution in [0.25, 0.3) is 0 Å². The maximum Gasteiger partial charge on any atom is 0.0594 e. The Bertz CT molecular complexity index is 801. The summed E-state index contributed by atoms with van der Waals surface area (Å²) in [6.07, 6.45) is 10.0. The minimum absolute atomic E-state index is 0.0629. The molecule has 0 radical (unpaired) electrons. The third-order valence-electron chi connectivity index (χ3n) is 13.5. The lowest BCUT2D eigenvalue weighted by molar-refractivity contribution is -0.280. The molecule has 11 atom stereocenters.